The van der Waals surface area contributed by atoms with Crippen LogP contribution in [-0.2, 0) is 14.3 Å². The van der Waals surface area contributed by atoms with Crippen molar-refractivity contribution in [2.24, 2.45) is 11.1 Å². The van der Waals surface area contributed by atoms with E-state index in [4.69, 9.17) is 10.5 Å². The predicted octanol–water partition coefficient (Wildman–Crippen LogP) is 0.842. The standard InChI is InChI=1S/C14H26N2O4/c1-14(2)7-5-8-16(11(14)13(18)19)12(17)10(15)6-4-9-20-3/h10-11H,4-9,15H2,1-3H3,(H,18,19). The zero-order valence-electron chi connectivity index (χ0n) is 12.6. The van der Waals surface area contributed by atoms with E-state index in [0.717, 1.165) is 12.8 Å². The monoisotopic (exact) mass is 286 g/mol. The van der Waals surface area contributed by atoms with Crippen LogP contribution in [0.1, 0.15) is 39.5 Å². The molecular formula is C14H26N2O4. The van der Waals surface area contributed by atoms with Crippen LogP contribution in [0.15, 0.2) is 0 Å². The van der Waals surface area contributed by atoms with Crippen LogP contribution in [0.4, 0.5) is 0 Å². The Balaban J connectivity index is 2.75. The van der Waals surface area contributed by atoms with Gasteiger partial charge in [0.25, 0.3) is 0 Å². The molecule has 20 heavy (non-hydrogen) atoms. The third kappa shape index (κ3) is 3.93. The maximum Gasteiger partial charge on any atom is 0.326 e. The number of likely N-dealkylation sites (tertiary alicyclic amines) is 1. The molecule has 1 rings (SSSR count). The summed E-state index contributed by atoms with van der Waals surface area (Å²) in [6.07, 6.45) is 2.81. The normalized spacial score (nSPS) is 23.4. The summed E-state index contributed by atoms with van der Waals surface area (Å²) >= 11 is 0. The number of carbonyl (C=O) groups excluding carboxylic acids is 1. The summed E-state index contributed by atoms with van der Waals surface area (Å²) < 4.78 is 4.94. The van der Waals surface area contributed by atoms with E-state index in [2.05, 4.69) is 0 Å². The number of ether oxygens (including phenoxy) is 1. The van der Waals surface area contributed by atoms with E-state index in [0.29, 0.717) is 26.0 Å². The van der Waals surface area contributed by atoms with Gasteiger partial charge >= 0.3 is 5.97 Å². The molecule has 1 saturated heterocycles. The highest BCUT2D eigenvalue weighted by molar-refractivity contribution is 5.87. The van der Waals surface area contributed by atoms with Crippen molar-refractivity contribution in [3.63, 3.8) is 0 Å². The molecule has 1 fully saturated rings. The van der Waals surface area contributed by atoms with Gasteiger partial charge in [-0.25, -0.2) is 4.79 Å². The van der Waals surface area contributed by atoms with Crippen molar-refractivity contribution in [1.82, 2.24) is 4.90 Å². The number of carboxylic acids is 1. The van der Waals surface area contributed by atoms with Crippen molar-refractivity contribution in [3.8, 4) is 0 Å². The maximum absolute atomic E-state index is 12.4. The quantitative estimate of drug-likeness (QED) is 0.706. The Bertz CT molecular complexity index is 357. The number of hydrogen-bond donors (Lipinski definition) is 2. The molecule has 0 aromatic carbocycles. The third-order valence-electron chi connectivity index (χ3n) is 3.97. The maximum atomic E-state index is 12.4. The molecule has 116 valence electrons. The van der Waals surface area contributed by atoms with Crippen molar-refractivity contribution in [1.29, 1.82) is 0 Å². The van der Waals surface area contributed by atoms with Crippen molar-refractivity contribution >= 4 is 11.9 Å². The zero-order valence-corrected chi connectivity index (χ0v) is 12.6. The van der Waals surface area contributed by atoms with Gasteiger partial charge in [-0.1, -0.05) is 13.8 Å². The largest absolute Gasteiger partial charge is 0.480 e. The van der Waals surface area contributed by atoms with Gasteiger partial charge in [0.15, 0.2) is 0 Å². The van der Waals surface area contributed by atoms with Crippen LogP contribution in [0.5, 0.6) is 0 Å². The number of carboxylic acid groups (broad SMARTS) is 1. The zero-order chi connectivity index (χ0) is 15.3. The summed E-state index contributed by atoms with van der Waals surface area (Å²) in [5.74, 6) is -1.21. The Hall–Kier alpha value is -1.14. The van der Waals surface area contributed by atoms with E-state index in [1.807, 2.05) is 13.8 Å². The number of amides is 1. The van der Waals surface area contributed by atoms with Gasteiger partial charge in [0.1, 0.15) is 6.04 Å². The fourth-order valence-corrected chi connectivity index (χ4v) is 2.88. The van der Waals surface area contributed by atoms with E-state index in [-0.39, 0.29) is 5.91 Å². The van der Waals surface area contributed by atoms with Gasteiger partial charge in [0.2, 0.25) is 5.91 Å². The van der Waals surface area contributed by atoms with Crippen LogP contribution >= 0.6 is 0 Å². The van der Waals surface area contributed by atoms with Gasteiger partial charge in [-0.15, -0.1) is 0 Å². The molecule has 0 aromatic heterocycles. The molecule has 1 heterocycles. The van der Waals surface area contributed by atoms with Crippen molar-refractivity contribution < 1.29 is 19.4 Å². The lowest BCUT2D eigenvalue weighted by Gasteiger charge is -2.44. The number of carbonyl (C=O) groups is 2. The first-order chi connectivity index (χ1) is 9.31. The first-order valence-corrected chi connectivity index (χ1v) is 7.09. The first kappa shape index (κ1) is 16.9. The van der Waals surface area contributed by atoms with Crippen LogP contribution < -0.4 is 5.73 Å². The molecule has 6 heteroatoms. The fraction of sp³-hybridized carbons (Fsp3) is 0.857. The highest BCUT2D eigenvalue weighted by atomic mass is 16.5. The topological polar surface area (TPSA) is 92.9 Å². The second-order valence-corrected chi connectivity index (χ2v) is 6.11. The molecular weight excluding hydrogens is 260 g/mol. The summed E-state index contributed by atoms with van der Waals surface area (Å²) in [5, 5.41) is 9.43. The number of piperidine rings is 1. The van der Waals surface area contributed by atoms with Gasteiger partial charge < -0.3 is 20.5 Å². The van der Waals surface area contributed by atoms with Crippen molar-refractivity contribution in [3.05, 3.63) is 0 Å². The molecule has 0 aliphatic carbocycles. The summed E-state index contributed by atoms with van der Waals surface area (Å²) in [7, 11) is 1.60. The number of hydrogen-bond acceptors (Lipinski definition) is 4. The number of aliphatic carboxylic acids is 1. The van der Waals surface area contributed by atoms with Crippen LogP contribution in [0.2, 0.25) is 0 Å². The molecule has 0 aromatic rings. The van der Waals surface area contributed by atoms with Crippen LogP contribution in [0, 0.1) is 5.41 Å². The molecule has 0 saturated carbocycles. The molecule has 0 spiro atoms. The van der Waals surface area contributed by atoms with E-state index in [1.165, 1.54) is 4.90 Å². The van der Waals surface area contributed by atoms with Gasteiger partial charge in [-0.05, 0) is 31.1 Å². The van der Waals surface area contributed by atoms with Crippen LogP contribution in [0.25, 0.3) is 0 Å². The van der Waals surface area contributed by atoms with Crippen LogP contribution in [0.3, 0.4) is 0 Å². The van der Waals surface area contributed by atoms with Gasteiger partial charge in [-0.3, -0.25) is 4.79 Å². The molecule has 0 bridgehead atoms. The molecule has 1 aliphatic rings. The Morgan fingerprint density at radius 3 is 2.70 bits per heavy atom. The predicted molar refractivity (Wildman–Crippen MR) is 75.2 cm³/mol. The lowest BCUT2D eigenvalue weighted by atomic mass is 9.76. The second kappa shape index (κ2) is 7.04. The number of methoxy groups -OCH3 is 1. The molecule has 0 radical (unpaired) electrons. The third-order valence-corrected chi connectivity index (χ3v) is 3.97. The number of rotatable bonds is 6. The fourth-order valence-electron chi connectivity index (χ4n) is 2.88. The summed E-state index contributed by atoms with van der Waals surface area (Å²) in [6.45, 7) is 4.80. The van der Waals surface area contributed by atoms with E-state index in [1.54, 1.807) is 7.11 Å². The summed E-state index contributed by atoms with van der Waals surface area (Å²) in [6, 6.07) is -1.45. The molecule has 6 nitrogen and oxygen atoms in total. The Morgan fingerprint density at radius 1 is 1.50 bits per heavy atom. The van der Waals surface area contributed by atoms with Crippen molar-refractivity contribution in [2.75, 3.05) is 20.3 Å². The molecule has 2 atom stereocenters. The molecule has 1 amide bonds. The molecule has 2 unspecified atom stereocenters. The van der Waals surface area contributed by atoms with Crippen molar-refractivity contribution in [2.45, 2.75) is 51.6 Å². The van der Waals surface area contributed by atoms with Gasteiger partial charge in [0.05, 0.1) is 6.04 Å². The van der Waals surface area contributed by atoms with Crippen LogP contribution in [-0.4, -0.2) is 54.2 Å². The van der Waals surface area contributed by atoms with E-state index >= 15 is 0 Å². The highest BCUT2D eigenvalue weighted by Gasteiger charge is 2.45. The van der Waals surface area contributed by atoms with Gasteiger partial charge in [-0.2, -0.15) is 0 Å². The average molecular weight is 286 g/mol. The Morgan fingerprint density at radius 2 is 2.15 bits per heavy atom. The SMILES string of the molecule is COCCCC(N)C(=O)N1CCCC(C)(C)C1C(=O)O. The smallest absolute Gasteiger partial charge is 0.326 e. The first-order valence-electron chi connectivity index (χ1n) is 7.09. The lowest BCUT2D eigenvalue weighted by molar-refractivity contribution is -0.159. The minimum absolute atomic E-state index is 0.263. The second-order valence-electron chi connectivity index (χ2n) is 6.11. The highest BCUT2D eigenvalue weighted by Crippen LogP contribution is 2.35. The van der Waals surface area contributed by atoms with Gasteiger partial charge in [0, 0.05) is 20.3 Å². The van der Waals surface area contributed by atoms with E-state index < -0.39 is 23.5 Å². The average Bonchev–Trinajstić information content (AvgIpc) is 2.36. The summed E-state index contributed by atoms with van der Waals surface area (Å²) in [4.78, 5) is 25.4. The lowest BCUT2D eigenvalue weighted by Crippen LogP contribution is -2.59. The minimum Gasteiger partial charge on any atom is -0.480 e. The minimum atomic E-state index is -0.952. The number of nitrogens with two attached hydrogens (primary N) is 1. The molecule has 1 aliphatic heterocycles. The van der Waals surface area contributed by atoms with E-state index in [9.17, 15) is 14.7 Å². The molecule has 3 N–H and O–H groups in total. The Labute approximate surface area is 120 Å². The Kier molecular flexibility index (Phi) is 5.95. The number of nitrogens with zero attached hydrogens (tertiary/aromatic N) is 1. The summed E-state index contributed by atoms with van der Waals surface area (Å²) in [5.41, 5.74) is 5.48.